The fourth-order valence-corrected chi connectivity index (χ4v) is 2.64. The summed E-state index contributed by atoms with van der Waals surface area (Å²) in [5.74, 6) is -0.0281. The van der Waals surface area contributed by atoms with Crippen LogP contribution in [0.5, 0.6) is 5.75 Å². The van der Waals surface area contributed by atoms with Gasteiger partial charge in [0.15, 0.2) is 0 Å². The highest BCUT2D eigenvalue weighted by atomic mass is 19.1. The van der Waals surface area contributed by atoms with Crippen molar-refractivity contribution in [1.82, 2.24) is 4.90 Å². The smallest absolute Gasteiger partial charge is 0.127 e. The van der Waals surface area contributed by atoms with Crippen molar-refractivity contribution in [1.29, 1.82) is 0 Å². The summed E-state index contributed by atoms with van der Waals surface area (Å²) >= 11 is 0. The average molecular weight is 319 g/mol. The predicted molar refractivity (Wildman–Crippen MR) is 83.3 cm³/mol. The van der Waals surface area contributed by atoms with Crippen LogP contribution in [0, 0.1) is 11.6 Å². The molecule has 2 aromatic carbocycles. The Bertz CT molecular complexity index is 650. The largest absolute Gasteiger partial charge is 0.491 e. The van der Waals surface area contributed by atoms with E-state index in [0.717, 1.165) is 6.54 Å². The molecule has 1 aliphatic rings. The lowest BCUT2D eigenvalue weighted by atomic mass is 10.2. The molecule has 1 heterocycles. The van der Waals surface area contributed by atoms with Crippen LogP contribution in [0.15, 0.2) is 48.5 Å². The second-order valence-corrected chi connectivity index (χ2v) is 5.59. The van der Waals surface area contributed by atoms with Crippen molar-refractivity contribution >= 4 is 0 Å². The molecule has 1 fully saturated rings. The van der Waals surface area contributed by atoms with Gasteiger partial charge in [-0.15, -0.1) is 0 Å². The monoisotopic (exact) mass is 319 g/mol. The maximum absolute atomic E-state index is 13.7. The molecule has 0 bridgehead atoms. The van der Waals surface area contributed by atoms with E-state index in [9.17, 15) is 8.78 Å². The van der Waals surface area contributed by atoms with Crippen LogP contribution in [0.1, 0.15) is 5.56 Å². The van der Waals surface area contributed by atoms with Crippen molar-refractivity contribution in [3.8, 4) is 5.75 Å². The molecule has 3 nitrogen and oxygen atoms in total. The Kier molecular flexibility index (Phi) is 5.20. The molecule has 0 saturated carbocycles. The highest BCUT2D eigenvalue weighted by molar-refractivity contribution is 5.22. The van der Waals surface area contributed by atoms with Crippen molar-refractivity contribution in [2.24, 2.45) is 0 Å². The molecule has 5 heteroatoms. The van der Waals surface area contributed by atoms with Crippen molar-refractivity contribution in [3.63, 3.8) is 0 Å². The summed E-state index contributed by atoms with van der Waals surface area (Å²) in [5, 5.41) is 0. The molecule has 0 aromatic heterocycles. The minimum atomic E-state index is -0.326. The van der Waals surface area contributed by atoms with Crippen LogP contribution in [0.3, 0.4) is 0 Å². The van der Waals surface area contributed by atoms with Gasteiger partial charge in [0, 0.05) is 31.3 Å². The standard InChI is InChI=1S/C18H19F2NO2/c19-15-5-3-6-16(10-15)23-13-17-12-21(8-9-22-17)11-14-4-1-2-7-18(14)20/h1-7,10,17H,8-9,11-13H2. The van der Waals surface area contributed by atoms with Crippen molar-refractivity contribution < 1.29 is 18.3 Å². The molecule has 0 amide bonds. The van der Waals surface area contributed by atoms with Crippen LogP contribution in [-0.2, 0) is 11.3 Å². The summed E-state index contributed by atoms with van der Waals surface area (Å²) in [4.78, 5) is 2.14. The Morgan fingerprint density at radius 2 is 2.00 bits per heavy atom. The van der Waals surface area contributed by atoms with Gasteiger partial charge in [-0.2, -0.15) is 0 Å². The summed E-state index contributed by atoms with van der Waals surface area (Å²) < 4.78 is 38.1. The number of rotatable bonds is 5. The van der Waals surface area contributed by atoms with Gasteiger partial charge in [-0.25, -0.2) is 8.78 Å². The predicted octanol–water partition coefficient (Wildman–Crippen LogP) is 3.24. The molecule has 1 atom stereocenters. The van der Waals surface area contributed by atoms with Gasteiger partial charge in [-0.05, 0) is 18.2 Å². The zero-order valence-electron chi connectivity index (χ0n) is 12.8. The molecule has 122 valence electrons. The Morgan fingerprint density at radius 3 is 2.83 bits per heavy atom. The molecule has 2 aromatic rings. The lowest BCUT2D eigenvalue weighted by Crippen LogP contribution is -2.44. The first kappa shape index (κ1) is 15.9. The van der Waals surface area contributed by atoms with Crippen LogP contribution in [0.4, 0.5) is 8.78 Å². The van der Waals surface area contributed by atoms with E-state index in [0.29, 0.717) is 37.6 Å². The molecular formula is C18H19F2NO2. The molecule has 1 saturated heterocycles. The number of ether oxygens (including phenoxy) is 2. The second kappa shape index (κ2) is 7.53. The highest BCUT2D eigenvalue weighted by Gasteiger charge is 2.22. The first-order chi connectivity index (χ1) is 11.2. The van der Waals surface area contributed by atoms with Crippen molar-refractivity contribution in [3.05, 3.63) is 65.7 Å². The lowest BCUT2D eigenvalue weighted by molar-refractivity contribution is -0.0506. The molecule has 0 spiro atoms. The zero-order chi connectivity index (χ0) is 16.1. The summed E-state index contributed by atoms with van der Waals surface area (Å²) in [6.45, 7) is 2.88. The number of morpholine rings is 1. The van der Waals surface area contributed by atoms with Crippen LogP contribution >= 0.6 is 0 Å². The third-order valence-electron chi connectivity index (χ3n) is 3.81. The molecule has 1 unspecified atom stereocenters. The van der Waals surface area contributed by atoms with E-state index >= 15 is 0 Å². The Labute approximate surface area is 134 Å². The number of nitrogens with zero attached hydrogens (tertiary/aromatic N) is 1. The van der Waals surface area contributed by atoms with Crippen LogP contribution in [-0.4, -0.2) is 37.3 Å². The van der Waals surface area contributed by atoms with Gasteiger partial charge >= 0.3 is 0 Å². The molecule has 0 N–H and O–H groups in total. The maximum Gasteiger partial charge on any atom is 0.127 e. The first-order valence-electron chi connectivity index (χ1n) is 7.66. The molecule has 3 rings (SSSR count). The van der Waals surface area contributed by atoms with Crippen LogP contribution in [0.25, 0.3) is 0 Å². The quantitative estimate of drug-likeness (QED) is 0.844. The fourth-order valence-electron chi connectivity index (χ4n) is 2.64. The fraction of sp³-hybridized carbons (Fsp3) is 0.333. The van der Waals surface area contributed by atoms with Crippen LogP contribution in [0.2, 0.25) is 0 Å². The Hall–Kier alpha value is -1.98. The van der Waals surface area contributed by atoms with Gasteiger partial charge in [0.25, 0.3) is 0 Å². The van der Waals surface area contributed by atoms with Gasteiger partial charge in [-0.1, -0.05) is 24.3 Å². The topological polar surface area (TPSA) is 21.7 Å². The van der Waals surface area contributed by atoms with Crippen LogP contribution < -0.4 is 4.74 Å². The summed E-state index contributed by atoms with van der Waals surface area (Å²) in [5.41, 5.74) is 0.680. The van der Waals surface area contributed by atoms with E-state index in [2.05, 4.69) is 4.90 Å². The number of benzene rings is 2. The Morgan fingerprint density at radius 1 is 1.13 bits per heavy atom. The van der Waals surface area contributed by atoms with Gasteiger partial charge in [0.05, 0.1) is 6.61 Å². The highest BCUT2D eigenvalue weighted by Crippen LogP contribution is 2.16. The number of halogens is 2. The molecule has 0 aliphatic carbocycles. The second-order valence-electron chi connectivity index (χ2n) is 5.59. The van der Waals surface area contributed by atoms with E-state index in [1.54, 1.807) is 24.3 Å². The lowest BCUT2D eigenvalue weighted by Gasteiger charge is -2.32. The summed E-state index contributed by atoms with van der Waals surface area (Å²) in [7, 11) is 0. The molecule has 23 heavy (non-hydrogen) atoms. The molecule has 0 radical (unpaired) electrons. The SMILES string of the molecule is Fc1cccc(OCC2CN(Cc3ccccc3F)CCO2)c1. The van der Waals surface area contributed by atoms with Gasteiger partial charge in [-0.3, -0.25) is 4.90 Å². The van der Waals surface area contributed by atoms with E-state index in [4.69, 9.17) is 9.47 Å². The molecular weight excluding hydrogens is 300 g/mol. The normalized spacial score (nSPS) is 18.8. The number of hydrogen-bond acceptors (Lipinski definition) is 3. The van der Waals surface area contributed by atoms with Gasteiger partial charge in [0.2, 0.25) is 0 Å². The molecule has 1 aliphatic heterocycles. The van der Waals surface area contributed by atoms with Gasteiger partial charge in [0.1, 0.15) is 30.1 Å². The third-order valence-corrected chi connectivity index (χ3v) is 3.81. The van der Waals surface area contributed by atoms with E-state index in [1.807, 2.05) is 6.07 Å². The number of hydrogen-bond donors (Lipinski definition) is 0. The maximum atomic E-state index is 13.7. The van der Waals surface area contributed by atoms with E-state index in [-0.39, 0.29) is 17.7 Å². The average Bonchev–Trinajstić information content (AvgIpc) is 2.56. The van der Waals surface area contributed by atoms with E-state index < -0.39 is 0 Å². The van der Waals surface area contributed by atoms with E-state index in [1.165, 1.54) is 18.2 Å². The van der Waals surface area contributed by atoms with Crippen molar-refractivity contribution in [2.75, 3.05) is 26.3 Å². The van der Waals surface area contributed by atoms with Gasteiger partial charge < -0.3 is 9.47 Å². The zero-order valence-corrected chi connectivity index (χ0v) is 12.8. The Balaban J connectivity index is 1.53. The first-order valence-corrected chi connectivity index (χ1v) is 7.66. The minimum Gasteiger partial charge on any atom is -0.491 e. The summed E-state index contributed by atoms with van der Waals surface area (Å²) in [6.07, 6.45) is -0.112. The minimum absolute atomic E-state index is 0.112. The third kappa shape index (κ3) is 4.50. The van der Waals surface area contributed by atoms with Crippen molar-refractivity contribution in [2.45, 2.75) is 12.6 Å². The summed E-state index contributed by atoms with van der Waals surface area (Å²) in [6, 6.07) is 12.8.